The van der Waals surface area contributed by atoms with Crippen LogP contribution in [0.2, 0.25) is 0 Å². The number of carboxylic acid groups (broad SMARTS) is 1. The second kappa shape index (κ2) is 6.07. The number of carbonyl (C=O) groups excluding carboxylic acids is 1. The highest BCUT2D eigenvalue weighted by molar-refractivity contribution is 5.91. The molecule has 0 bridgehead atoms. The maximum atomic E-state index is 11.5. The molecule has 114 valence electrons. The van der Waals surface area contributed by atoms with Crippen molar-refractivity contribution in [3.63, 3.8) is 0 Å². The molecule has 1 aliphatic rings. The fraction of sp³-hybridized carbons (Fsp3) is 0.571. The minimum Gasteiger partial charge on any atom is -0.476 e. The predicted molar refractivity (Wildman–Crippen MR) is 77.4 cm³/mol. The number of likely N-dealkylation sites (N-methyl/N-ethyl adjacent to an activating group) is 1. The summed E-state index contributed by atoms with van der Waals surface area (Å²) in [6.45, 7) is 4.37. The van der Waals surface area contributed by atoms with Gasteiger partial charge in [0, 0.05) is 32.0 Å². The van der Waals surface area contributed by atoms with Crippen molar-refractivity contribution in [1.29, 1.82) is 0 Å². The quantitative estimate of drug-likeness (QED) is 0.869. The van der Waals surface area contributed by atoms with Gasteiger partial charge in [0.2, 0.25) is 5.91 Å². The summed E-state index contributed by atoms with van der Waals surface area (Å²) in [6.07, 6.45) is 2.65. The molecule has 1 saturated heterocycles. The Morgan fingerprint density at radius 3 is 2.81 bits per heavy atom. The zero-order chi connectivity index (χ0) is 15.6. The first-order chi connectivity index (χ1) is 9.88. The summed E-state index contributed by atoms with van der Waals surface area (Å²) in [7, 11) is 1.74. The number of carboxylic acids is 1. The van der Waals surface area contributed by atoms with E-state index in [-0.39, 0.29) is 23.6 Å². The maximum absolute atomic E-state index is 11.5. The average molecular weight is 292 g/mol. The van der Waals surface area contributed by atoms with E-state index in [1.807, 2.05) is 13.8 Å². The van der Waals surface area contributed by atoms with Gasteiger partial charge in [-0.05, 0) is 6.42 Å². The molecule has 2 rings (SSSR count). The number of piperidine rings is 1. The standard InChI is InChI=1S/C14H20N4O3/c1-8(2)13-15-6-10(12(17-13)14(20)21)16-9-4-5-11(19)18(3)7-9/h6,8-9,16H,4-5,7H2,1-3H3,(H,20,21). The molecule has 0 aromatic carbocycles. The average Bonchev–Trinajstić information content (AvgIpc) is 2.43. The lowest BCUT2D eigenvalue weighted by Crippen LogP contribution is -2.43. The van der Waals surface area contributed by atoms with E-state index in [0.717, 1.165) is 0 Å². The van der Waals surface area contributed by atoms with Crippen LogP contribution in [0.25, 0.3) is 0 Å². The fourth-order valence-electron chi connectivity index (χ4n) is 2.29. The van der Waals surface area contributed by atoms with E-state index in [9.17, 15) is 14.7 Å². The van der Waals surface area contributed by atoms with Crippen LogP contribution < -0.4 is 5.32 Å². The lowest BCUT2D eigenvalue weighted by molar-refractivity contribution is -0.132. The Morgan fingerprint density at radius 2 is 2.24 bits per heavy atom. The van der Waals surface area contributed by atoms with Gasteiger partial charge in [0.15, 0.2) is 5.69 Å². The normalized spacial score (nSPS) is 19.0. The summed E-state index contributed by atoms with van der Waals surface area (Å²) in [5.41, 5.74) is 0.382. The first-order valence-electron chi connectivity index (χ1n) is 6.99. The highest BCUT2D eigenvalue weighted by Crippen LogP contribution is 2.20. The molecule has 1 atom stereocenters. The van der Waals surface area contributed by atoms with Crippen LogP contribution in [0.1, 0.15) is 48.9 Å². The number of nitrogens with one attached hydrogen (secondary N) is 1. The number of rotatable bonds is 4. The number of hydrogen-bond acceptors (Lipinski definition) is 5. The first kappa shape index (κ1) is 15.2. The fourth-order valence-corrected chi connectivity index (χ4v) is 2.29. The molecular weight excluding hydrogens is 272 g/mol. The van der Waals surface area contributed by atoms with E-state index >= 15 is 0 Å². The summed E-state index contributed by atoms with van der Waals surface area (Å²) in [5, 5.41) is 12.4. The van der Waals surface area contributed by atoms with Crippen LogP contribution in [0, 0.1) is 0 Å². The number of nitrogens with zero attached hydrogens (tertiary/aromatic N) is 3. The molecule has 1 aliphatic heterocycles. The number of hydrogen-bond donors (Lipinski definition) is 2. The Morgan fingerprint density at radius 1 is 1.52 bits per heavy atom. The monoisotopic (exact) mass is 292 g/mol. The number of amides is 1. The molecule has 1 amide bonds. The van der Waals surface area contributed by atoms with Crippen LogP contribution in [-0.2, 0) is 4.79 Å². The van der Waals surface area contributed by atoms with E-state index in [0.29, 0.717) is 30.9 Å². The summed E-state index contributed by atoms with van der Waals surface area (Å²) >= 11 is 0. The van der Waals surface area contributed by atoms with Crippen LogP contribution in [0.4, 0.5) is 5.69 Å². The minimum atomic E-state index is -1.08. The maximum Gasteiger partial charge on any atom is 0.356 e. The van der Waals surface area contributed by atoms with E-state index in [2.05, 4.69) is 15.3 Å². The molecule has 0 aliphatic carbocycles. The smallest absolute Gasteiger partial charge is 0.356 e. The Balaban J connectivity index is 2.19. The number of anilines is 1. The van der Waals surface area contributed by atoms with Crippen molar-refractivity contribution in [2.45, 2.75) is 38.6 Å². The van der Waals surface area contributed by atoms with E-state index in [4.69, 9.17) is 0 Å². The van der Waals surface area contributed by atoms with E-state index in [1.165, 1.54) is 6.20 Å². The van der Waals surface area contributed by atoms with Gasteiger partial charge in [0.1, 0.15) is 5.82 Å². The van der Waals surface area contributed by atoms with Gasteiger partial charge in [0.05, 0.1) is 11.9 Å². The third kappa shape index (κ3) is 3.48. The van der Waals surface area contributed by atoms with Crippen molar-refractivity contribution < 1.29 is 14.7 Å². The van der Waals surface area contributed by atoms with Gasteiger partial charge in [-0.3, -0.25) is 4.79 Å². The SMILES string of the molecule is CC(C)c1ncc(NC2CCC(=O)N(C)C2)c(C(=O)O)n1. The van der Waals surface area contributed by atoms with Crippen LogP contribution in [0.3, 0.4) is 0 Å². The zero-order valence-electron chi connectivity index (χ0n) is 12.5. The molecule has 0 saturated carbocycles. The summed E-state index contributed by atoms with van der Waals surface area (Å²) in [4.78, 5) is 32.8. The largest absolute Gasteiger partial charge is 0.476 e. The van der Waals surface area contributed by atoms with Crippen LogP contribution in [0.5, 0.6) is 0 Å². The van der Waals surface area contributed by atoms with Gasteiger partial charge in [-0.1, -0.05) is 13.8 Å². The van der Waals surface area contributed by atoms with Crippen molar-refractivity contribution in [2.75, 3.05) is 18.9 Å². The summed E-state index contributed by atoms with van der Waals surface area (Å²) in [6, 6.07) is 0.0132. The van der Waals surface area contributed by atoms with Gasteiger partial charge in [0.25, 0.3) is 0 Å². The second-order valence-electron chi connectivity index (χ2n) is 5.60. The molecule has 21 heavy (non-hydrogen) atoms. The molecule has 7 nitrogen and oxygen atoms in total. The number of aromatic nitrogens is 2. The Hall–Kier alpha value is -2.18. The van der Waals surface area contributed by atoms with Gasteiger partial charge < -0.3 is 15.3 Å². The first-order valence-corrected chi connectivity index (χ1v) is 6.99. The van der Waals surface area contributed by atoms with Crippen molar-refractivity contribution in [3.8, 4) is 0 Å². The third-order valence-electron chi connectivity index (χ3n) is 3.51. The predicted octanol–water partition coefficient (Wildman–Crippen LogP) is 1.33. The van der Waals surface area contributed by atoms with E-state index in [1.54, 1.807) is 11.9 Å². The second-order valence-corrected chi connectivity index (χ2v) is 5.60. The molecule has 1 aromatic heterocycles. The Labute approximate surface area is 123 Å². The lowest BCUT2D eigenvalue weighted by atomic mass is 10.1. The molecule has 2 heterocycles. The molecular formula is C14H20N4O3. The molecule has 1 fully saturated rings. The molecule has 1 unspecified atom stereocenters. The zero-order valence-corrected chi connectivity index (χ0v) is 12.5. The molecule has 2 N–H and O–H groups in total. The Kier molecular flexibility index (Phi) is 4.40. The lowest BCUT2D eigenvalue weighted by Gasteiger charge is -2.30. The van der Waals surface area contributed by atoms with Crippen LogP contribution >= 0.6 is 0 Å². The van der Waals surface area contributed by atoms with Gasteiger partial charge in [-0.25, -0.2) is 14.8 Å². The van der Waals surface area contributed by atoms with Crippen molar-refractivity contribution in [2.24, 2.45) is 0 Å². The molecule has 7 heteroatoms. The highest BCUT2D eigenvalue weighted by Gasteiger charge is 2.25. The number of aromatic carboxylic acids is 1. The van der Waals surface area contributed by atoms with Crippen molar-refractivity contribution >= 4 is 17.6 Å². The highest BCUT2D eigenvalue weighted by atomic mass is 16.4. The number of carbonyl (C=O) groups is 2. The molecule has 0 radical (unpaired) electrons. The molecule has 1 aromatic rings. The topological polar surface area (TPSA) is 95.4 Å². The van der Waals surface area contributed by atoms with Gasteiger partial charge >= 0.3 is 5.97 Å². The third-order valence-corrected chi connectivity index (χ3v) is 3.51. The minimum absolute atomic E-state index is 0.0132. The number of likely N-dealkylation sites (tertiary alicyclic amines) is 1. The van der Waals surface area contributed by atoms with Crippen molar-refractivity contribution in [1.82, 2.24) is 14.9 Å². The van der Waals surface area contributed by atoms with Gasteiger partial charge in [-0.2, -0.15) is 0 Å². The molecule has 0 spiro atoms. The summed E-state index contributed by atoms with van der Waals surface area (Å²) < 4.78 is 0. The van der Waals surface area contributed by atoms with Crippen LogP contribution in [-0.4, -0.2) is 51.5 Å². The van der Waals surface area contributed by atoms with Crippen LogP contribution in [0.15, 0.2) is 6.20 Å². The van der Waals surface area contributed by atoms with E-state index < -0.39 is 5.97 Å². The Bertz CT molecular complexity index is 559. The summed E-state index contributed by atoms with van der Waals surface area (Å²) in [5.74, 6) is -0.399. The van der Waals surface area contributed by atoms with Gasteiger partial charge in [-0.15, -0.1) is 0 Å². The van der Waals surface area contributed by atoms with Crippen molar-refractivity contribution in [3.05, 3.63) is 17.7 Å².